The highest BCUT2D eigenvalue weighted by Crippen LogP contribution is 2.30. The smallest absolute Gasteiger partial charge is 0.289 e. The van der Waals surface area contributed by atoms with Crippen LogP contribution in [0.5, 0.6) is 0 Å². The summed E-state index contributed by atoms with van der Waals surface area (Å²) in [6.07, 6.45) is 1.73. The van der Waals surface area contributed by atoms with E-state index in [-0.39, 0.29) is 34.8 Å². The lowest BCUT2D eigenvalue weighted by Gasteiger charge is -2.36. The second-order valence-corrected chi connectivity index (χ2v) is 8.43. The third kappa shape index (κ3) is 4.37. The van der Waals surface area contributed by atoms with Gasteiger partial charge >= 0.3 is 0 Å². The summed E-state index contributed by atoms with van der Waals surface area (Å²) in [4.78, 5) is 40.3. The molecule has 0 spiro atoms. The zero-order valence-electron chi connectivity index (χ0n) is 16.2. The average Bonchev–Trinajstić information content (AvgIpc) is 3.11. The maximum atomic E-state index is 13.1. The molecule has 0 aromatic heterocycles. The number of hydrogen-bond acceptors (Lipinski definition) is 4. The molecule has 2 aliphatic rings. The second kappa shape index (κ2) is 8.82. The lowest BCUT2D eigenvalue weighted by molar-refractivity contribution is -0.133. The molecule has 0 atom stereocenters. The highest BCUT2D eigenvalue weighted by molar-refractivity contribution is 8.14. The van der Waals surface area contributed by atoms with Crippen LogP contribution in [0.2, 0.25) is 0 Å². The summed E-state index contributed by atoms with van der Waals surface area (Å²) in [5, 5.41) is -0.145. The van der Waals surface area contributed by atoms with E-state index in [0.29, 0.717) is 32.4 Å². The summed E-state index contributed by atoms with van der Waals surface area (Å²) in [7, 11) is 0. The van der Waals surface area contributed by atoms with E-state index < -0.39 is 0 Å². The Morgan fingerprint density at radius 3 is 1.97 bits per heavy atom. The van der Waals surface area contributed by atoms with Gasteiger partial charge in [0.15, 0.2) is 0 Å². The third-order valence-corrected chi connectivity index (χ3v) is 6.58. The molecular formula is C23H24N2O3S. The molecule has 6 heteroatoms. The van der Waals surface area contributed by atoms with E-state index in [9.17, 15) is 14.4 Å². The zero-order valence-corrected chi connectivity index (χ0v) is 17.0. The van der Waals surface area contributed by atoms with Crippen LogP contribution in [0.15, 0.2) is 60.7 Å². The van der Waals surface area contributed by atoms with Crippen LogP contribution in [0.1, 0.15) is 36.3 Å². The number of likely N-dealkylation sites (tertiary alicyclic amines) is 1. The molecule has 0 unspecified atom stereocenters. The maximum Gasteiger partial charge on any atom is 0.289 e. The third-order valence-electron chi connectivity index (χ3n) is 5.75. The largest absolute Gasteiger partial charge is 0.343 e. The van der Waals surface area contributed by atoms with Gasteiger partial charge in [-0.2, -0.15) is 0 Å². The van der Waals surface area contributed by atoms with Crippen molar-refractivity contribution in [3.8, 4) is 0 Å². The van der Waals surface area contributed by atoms with Crippen LogP contribution in [0.3, 0.4) is 0 Å². The van der Waals surface area contributed by atoms with Crippen molar-refractivity contribution in [3.63, 3.8) is 0 Å². The van der Waals surface area contributed by atoms with E-state index in [4.69, 9.17) is 0 Å². The lowest BCUT2D eigenvalue weighted by atomic mass is 9.88. The van der Waals surface area contributed by atoms with Crippen LogP contribution in [0.4, 0.5) is 4.79 Å². The van der Waals surface area contributed by atoms with Gasteiger partial charge in [0.05, 0.1) is 5.75 Å². The Morgan fingerprint density at radius 1 is 0.931 bits per heavy atom. The summed E-state index contributed by atoms with van der Waals surface area (Å²) in [6, 6.07) is 20.2. The van der Waals surface area contributed by atoms with Crippen molar-refractivity contribution >= 4 is 28.8 Å². The number of thioether (sulfide) groups is 1. The van der Waals surface area contributed by atoms with Crippen LogP contribution < -0.4 is 0 Å². The number of benzene rings is 2. The van der Waals surface area contributed by atoms with Crippen LogP contribution in [0, 0.1) is 0 Å². The Labute approximate surface area is 175 Å². The Balaban J connectivity index is 1.42. The van der Waals surface area contributed by atoms with Crippen molar-refractivity contribution in [3.05, 3.63) is 71.8 Å². The molecule has 0 aliphatic carbocycles. The van der Waals surface area contributed by atoms with Gasteiger partial charge in [-0.1, -0.05) is 72.4 Å². The molecule has 0 radical (unpaired) electrons. The van der Waals surface area contributed by atoms with Crippen LogP contribution in [-0.2, 0) is 9.59 Å². The molecule has 5 nitrogen and oxygen atoms in total. The van der Waals surface area contributed by atoms with Gasteiger partial charge in [0.25, 0.3) is 5.24 Å². The number of piperidine rings is 1. The number of carbonyl (C=O) groups is 3. The van der Waals surface area contributed by atoms with Crippen molar-refractivity contribution in [2.75, 3.05) is 18.8 Å². The topological polar surface area (TPSA) is 57.7 Å². The minimum Gasteiger partial charge on any atom is -0.343 e. The number of nitrogens with zero attached hydrogens (tertiary/aromatic N) is 2. The van der Waals surface area contributed by atoms with Crippen molar-refractivity contribution < 1.29 is 14.4 Å². The Morgan fingerprint density at radius 2 is 1.48 bits per heavy atom. The number of amides is 3. The van der Waals surface area contributed by atoms with E-state index in [1.165, 1.54) is 4.90 Å². The SMILES string of the molecule is O=C(CC(c1ccccc1)c1ccccc1)N1CCC(N2C(=O)CSC2=O)CC1. The Hall–Kier alpha value is -2.60. The summed E-state index contributed by atoms with van der Waals surface area (Å²) in [6.45, 7) is 1.17. The summed E-state index contributed by atoms with van der Waals surface area (Å²) < 4.78 is 0. The number of imide groups is 1. The fourth-order valence-corrected chi connectivity index (χ4v) is 4.97. The molecule has 2 saturated heterocycles. The van der Waals surface area contributed by atoms with Gasteiger partial charge in [-0.15, -0.1) is 0 Å². The Bertz CT molecular complexity index is 824. The predicted octanol–water partition coefficient (Wildman–Crippen LogP) is 3.90. The quantitative estimate of drug-likeness (QED) is 0.753. The van der Waals surface area contributed by atoms with Gasteiger partial charge in [0, 0.05) is 31.5 Å². The second-order valence-electron chi connectivity index (χ2n) is 7.51. The summed E-state index contributed by atoms with van der Waals surface area (Å²) in [5.74, 6) is 0.279. The fourth-order valence-electron chi connectivity index (χ4n) is 4.19. The van der Waals surface area contributed by atoms with Crippen LogP contribution in [0.25, 0.3) is 0 Å². The molecule has 0 N–H and O–H groups in total. The predicted molar refractivity (Wildman–Crippen MR) is 114 cm³/mol. The van der Waals surface area contributed by atoms with E-state index in [1.54, 1.807) is 0 Å². The van der Waals surface area contributed by atoms with Crippen molar-refractivity contribution in [2.45, 2.75) is 31.2 Å². The van der Waals surface area contributed by atoms with E-state index >= 15 is 0 Å². The van der Waals surface area contributed by atoms with Gasteiger partial charge in [-0.3, -0.25) is 19.3 Å². The van der Waals surface area contributed by atoms with Gasteiger partial charge in [-0.05, 0) is 24.0 Å². The molecule has 0 saturated carbocycles. The molecule has 2 aromatic rings. The average molecular weight is 409 g/mol. The molecule has 29 heavy (non-hydrogen) atoms. The highest BCUT2D eigenvalue weighted by Gasteiger charge is 2.38. The van der Waals surface area contributed by atoms with Crippen molar-refractivity contribution in [1.82, 2.24) is 9.80 Å². The van der Waals surface area contributed by atoms with E-state index in [2.05, 4.69) is 24.3 Å². The van der Waals surface area contributed by atoms with Crippen LogP contribution in [-0.4, -0.2) is 51.7 Å². The maximum absolute atomic E-state index is 13.1. The van der Waals surface area contributed by atoms with Crippen molar-refractivity contribution in [1.29, 1.82) is 0 Å². The monoisotopic (exact) mass is 408 g/mol. The van der Waals surface area contributed by atoms with Gasteiger partial charge in [-0.25, -0.2) is 0 Å². The van der Waals surface area contributed by atoms with Crippen molar-refractivity contribution in [2.24, 2.45) is 0 Å². The normalized spacial score (nSPS) is 18.0. The molecule has 2 aliphatic heterocycles. The molecule has 2 fully saturated rings. The molecule has 3 amide bonds. The fraction of sp³-hybridized carbons (Fsp3) is 0.348. The highest BCUT2D eigenvalue weighted by atomic mass is 32.2. The Kier molecular flexibility index (Phi) is 6.00. The van der Waals surface area contributed by atoms with E-state index in [1.807, 2.05) is 41.3 Å². The molecule has 2 aromatic carbocycles. The first kappa shape index (κ1) is 19.7. The summed E-state index contributed by atoms with van der Waals surface area (Å²) in [5.41, 5.74) is 2.26. The van der Waals surface area contributed by atoms with Crippen LogP contribution >= 0.6 is 11.8 Å². The summed E-state index contributed by atoms with van der Waals surface area (Å²) >= 11 is 1.07. The molecule has 2 heterocycles. The number of hydrogen-bond donors (Lipinski definition) is 0. The van der Waals surface area contributed by atoms with E-state index in [0.717, 1.165) is 22.9 Å². The lowest BCUT2D eigenvalue weighted by Crippen LogP contribution is -2.48. The minimum atomic E-state index is -0.145. The first-order valence-corrected chi connectivity index (χ1v) is 11.0. The molecule has 150 valence electrons. The number of rotatable bonds is 5. The first-order chi connectivity index (χ1) is 14.1. The van der Waals surface area contributed by atoms with Gasteiger partial charge in [0.2, 0.25) is 11.8 Å². The zero-order chi connectivity index (χ0) is 20.2. The standard InChI is InChI=1S/C23H24N2O3S/c26-21(24-13-11-19(12-14-24)25-22(27)16-29-23(25)28)15-20(17-7-3-1-4-8-17)18-9-5-2-6-10-18/h1-10,19-20H,11-16H2. The van der Waals surface area contributed by atoms with Gasteiger partial charge in [0.1, 0.15) is 0 Å². The minimum absolute atomic E-state index is 0.0146. The molecule has 0 bridgehead atoms. The van der Waals surface area contributed by atoms with Gasteiger partial charge < -0.3 is 4.90 Å². The first-order valence-electron chi connectivity index (χ1n) is 10.00. The molecular weight excluding hydrogens is 384 g/mol. The molecule has 4 rings (SSSR count). The number of carbonyl (C=O) groups excluding carboxylic acids is 3.